The molecule has 0 spiro atoms. The normalized spacial score (nSPS) is 15.1. The molecule has 2 amide bonds. The molecule has 3 rings (SSSR count). The van der Waals surface area contributed by atoms with Gasteiger partial charge in [0.25, 0.3) is 0 Å². The van der Waals surface area contributed by atoms with Crippen LogP contribution in [0.4, 0.5) is 0 Å². The molecule has 3 N–H and O–H groups in total. The Balaban J connectivity index is 1.46. The molecule has 1 aliphatic carbocycles. The molecule has 31 heavy (non-hydrogen) atoms. The van der Waals surface area contributed by atoms with Crippen molar-refractivity contribution >= 4 is 28.1 Å². The van der Waals surface area contributed by atoms with Crippen LogP contribution in [0, 0.1) is 6.92 Å². The Morgan fingerprint density at radius 2 is 1.77 bits per heavy atom. The van der Waals surface area contributed by atoms with E-state index in [0.29, 0.717) is 11.5 Å². The summed E-state index contributed by atoms with van der Waals surface area (Å²) in [5.41, 5.74) is 3.12. The number of benzene rings is 1. The van der Waals surface area contributed by atoms with Gasteiger partial charge in [0.2, 0.25) is 10.0 Å². The maximum absolute atomic E-state index is 12.3. The van der Waals surface area contributed by atoms with Crippen LogP contribution < -0.4 is 15.5 Å². The lowest BCUT2D eigenvalue weighted by atomic mass is 9.95. The summed E-state index contributed by atoms with van der Waals surface area (Å²) >= 11 is 0. The molecular formula is C21H26N4O5S. The smallest absolute Gasteiger partial charge is 0.329 e. The Labute approximate surface area is 181 Å². The number of carbonyl (C=O) groups is 2. The first kappa shape index (κ1) is 22.7. The zero-order valence-corrected chi connectivity index (χ0v) is 18.1. The summed E-state index contributed by atoms with van der Waals surface area (Å²) in [6, 6.07) is 9.71. The van der Waals surface area contributed by atoms with Crippen molar-refractivity contribution in [2.45, 2.75) is 56.5 Å². The third-order valence-corrected chi connectivity index (χ3v) is 6.37. The zero-order chi connectivity index (χ0) is 22.3. The van der Waals surface area contributed by atoms with E-state index in [9.17, 15) is 18.0 Å². The van der Waals surface area contributed by atoms with Crippen LogP contribution in [0.1, 0.15) is 49.2 Å². The minimum Gasteiger partial charge on any atom is -0.459 e. The van der Waals surface area contributed by atoms with Crippen LogP contribution in [0.25, 0.3) is 0 Å². The van der Waals surface area contributed by atoms with Gasteiger partial charge in [-0.25, -0.2) is 18.6 Å². The van der Waals surface area contributed by atoms with Gasteiger partial charge in [0.1, 0.15) is 11.5 Å². The van der Waals surface area contributed by atoms with Gasteiger partial charge >= 0.3 is 11.8 Å². The van der Waals surface area contributed by atoms with Gasteiger partial charge in [-0.3, -0.25) is 9.59 Å². The minimum absolute atomic E-state index is 0.0345. The summed E-state index contributed by atoms with van der Waals surface area (Å²) in [4.78, 5) is 23.9. The van der Waals surface area contributed by atoms with Crippen LogP contribution in [0.3, 0.4) is 0 Å². The summed E-state index contributed by atoms with van der Waals surface area (Å²) in [5.74, 6) is -0.884. The van der Waals surface area contributed by atoms with Crippen LogP contribution >= 0.6 is 0 Å². The highest BCUT2D eigenvalue weighted by Gasteiger charge is 2.20. The van der Waals surface area contributed by atoms with Crippen molar-refractivity contribution in [3.05, 3.63) is 53.5 Å². The van der Waals surface area contributed by atoms with E-state index in [2.05, 4.69) is 20.6 Å². The number of nitrogens with one attached hydrogen (secondary N) is 3. The third-order valence-electron chi connectivity index (χ3n) is 4.95. The van der Waals surface area contributed by atoms with E-state index in [1.165, 1.54) is 18.3 Å². The topological polar surface area (TPSA) is 130 Å². The molecule has 166 valence electrons. The summed E-state index contributed by atoms with van der Waals surface area (Å²) in [5, 5.41) is 6.42. The Bertz CT molecular complexity index is 1040. The van der Waals surface area contributed by atoms with E-state index in [1.54, 1.807) is 24.3 Å². The zero-order valence-electron chi connectivity index (χ0n) is 17.3. The number of hydrogen-bond acceptors (Lipinski definition) is 6. The van der Waals surface area contributed by atoms with Crippen LogP contribution in [0.15, 0.2) is 50.8 Å². The Morgan fingerprint density at radius 3 is 2.48 bits per heavy atom. The van der Waals surface area contributed by atoms with Crippen molar-refractivity contribution in [3.63, 3.8) is 0 Å². The lowest BCUT2D eigenvalue weighted by Gasteiger charge is -2.22. The van der Waals surface area contributed by atoms with E-state index in [0.717, 1.165) is 37.7 Å². The van der Waals surface area contributed by atoms with Crippen molar-refractivity contribution in [2.24, 2.45) is 5.10 Å². The first-order chi connectivity index (χ1) is 14.8. The summed E-state index contributed by atoms with van der Waals surface area (Å²) in [6.07, 6.45) is 6.25. The number of sulfonamides is 1. The maximum Gasteiger partial charge on any atom is 0.329 e. The number of rotatable bonds is 7. The molecule has 1 fully saturated rings. The molecule has 0 atom stereocenters. The lowest BCUT2D eigenvalue weighted by Crippen LogP contribution is -2.44. The third kappa shape index (κ3) is 6.76. The average molecular weight is 447 g/mol. The monoisotopic (exact) mass is 446 g/mol. The Morgan fingerprint density at radius 1 is 1.06 bits per heavy atom. The average Bonchev–Trinajstić information content (AvgIpc) is 3.21. The van der Waals surface area contributed by atoms with E-state index in [4.69, 9.17) is 4.42 Å². The molecule has 2 aromatic rings. The van der Waals surface area contributed by atoms with E-state index >= 15 is 0 Å². The molecule has 1 aromatic heterocycles. The number of furan rings is 1. The SMILES string of the molecule is Cc1ccc(S(=O)(=O)NCc2ccc(C=NNC(=O)C(=O)NC3CCCCC3)o2)cc1. The van der Waals surface area contributed by atoms with Crippen LogP contribution in [-0.2, 0) is 26.2 Å². The minimum atomic E-state index is -3.66. The van der Waals surface area contributed by atoms with Gasteiger partial charge in [0.15, 0.2) is 0 Å². The molecule has 0 unspecified atom stereocenters. The molecule has 1 aromatic carbocycles. The van der Waals surface area contributed by atoms with E-state index in [1.807, 2.05) is 6.92 Å². The second-order valence-corrected chi connectivity index (χ2v) is 9.22. The van der Waals surface area contributed by atoms with Crippen LogP contribution in [-0.4, -0.2) is 32.5 Å². The van der Waals surface area contributed by atoms with Crippen LogP contribution in [0.2, 0.25) is 0 Å². The van der Waals surface area contributed by atoms with Gasteiger partial charge in [0.05, 0.1) is 17.7 Å². The number of aryl methyl sites for hydroxylation is 1. The van der Waals surface area contributed by atoms with Crippen LogP contribution in [0.5, 0.6) is 0 Å². The van der Waals surface area contributed by atoms with Crippen molar-refractivity contribution in [3.8, 4) is 0 Å². The van der Waals surface area contributed by atoms with Crippen molar-refractivity contribution in [1.29, 1.82) is 0 Å². The van der Waals surface area contributed by atoms with Gasteiger partial charge in [-0.15, -0.1) is 0 Å². The fourth-order valence-electron chi connectivity index (χ4n) is 3.23. The van der Waals surface area contributed by atoms with Gasteiger partial charge < -0.3 is 9.73 Å². The van der Waals surface area contributed by atoms with Crippen molar-refractivity contribution in [2.75, 3.05) is 0 Å². The maximum atomic E-state index is 12.3. The summed E-state index contributed by atoms with van der Waals surface area (Å²) in [7, 11) is -3.66. The molecule has 0 aliphatic heterocycles. The summed E-state index contributed by atoms with van der Waals surface area (Å²) in [6.45, 7) is 1.83. The number of hydrazone groups is 1. The van der Waals surface area contributed by atoms with Gasteiger partial charge in [-0.1, -0.05) is 37.0 Å². The van der Waals surface area contributed by atoms with E-state index in [-0.39, 0.29) is 17.5 Å². The molecule has 10 heteroatoms. The second-order valence-electron chi connectivity index (χ2n) is 7.45. The predicted octanol–water partition coefficient (Wildman–Crippen LogP) is 1.97. The molecule has 0 bridgehead atoms. The standard InChI is InChI=1S/C21H26N4O5S/c1-15-7-11-19(12-8-15)31(28,29)23-14-18-10-9-17(30-18)13-22-25-21(27)20(26)24-16-5-3-2-4-6-16/h7-13,16,23H,2-6,14H2,1H3,(H,24,26)(H,25,27). The molecule has 1 heterocycles. The highest BCUT2D eigenvalue weighted by Crippen LogP contribution is 2.17. The van der Waals surface area contributed by atoms with Crippen molar-refractivity contribution in [1.82, 2.24) is 15.5 Å². The Hall–Kier alpha value is -2.98. The number of nitrogens with zero attached hydrogens (tertiary/aromatic N) is 1. The fraction of sp³-hybridized carbons (Fsp3) is 0.381. The first-order valence-corrected chi connectivity index (χ1v) is 11.6. The first-order valence-electron chi connectivity index (χ1n) is 10.1. The highest BCUT2D eigenvalue weighted by molar-refractivity contribution is 7.89. The molecule has 1 saturated carbocycles. The quantitative estimate of drug-likeness (QED) is 0.340. The van der Waals surface area contributed by atoms with Gasteiger partial charge in [-0.2, -0.15) is 5.10 Å². The molecule has 9 nitrogen and oxygen atoms in total. The predicted molar refractivity (Wildman–Crippen MR) is 115 cm³/mol. The lowest BCUT2D eigenvalue weighted by molar-refractivity contribution is -0.139. The fourth-order valence-corrected chi connectivity index (χ4v) is 4.22. The Kier molecular flexibility index (Phi) is 7.59. The van der Waals surface area contributed by atoms with Gasteiger partial charge in [-0.05, 0) is 44.0 Å². The molecule has 0 saturated heterocycles. The summed E-state index contributed by atoms with van der Waals surface area (Å²) < 4.78 is 32.6. The molecule has 0 radical (unpaired) electrons. The number of amides is 2. The second kappa shape index (κ2) is 10.4. The van der Waals surface area contributed by atoms with E-state index < -0.39 is 21.8 Å². The highest BCUT2D eigenvalue weighted by atomic mass is 32.2. The molecule has 1 aliphatic rings. The largest absolute Gasteiger partial charge is 0.459 e. The number of hydrogen-bond donors (Lipinski definition) is 3. The van der Waals surface area contributed by atoms with Crippen molar-refractivity contribution < 1.29 is 22.4 Å². The van der Waals surface area contributed by atoms with Gasteiger partial charge in [0, 0.05) is 6.04 Å². The molecular weight excluding hydrogens is 420 g/mol. The number of carbonyl (C=O) groups excluding carboxylic acids is 2.